The summed E-state index contributed by atoms with van der Waals surface area (Å²) in [5.74, 6) is -0.268. The van der Waals surface area contributed by atoms with E-state index < -0.39 is 8.32 Å². The van der Waals surface area contributed by atoms with Gasteiger partial charge in [-0.05, 0) is 89.9 Å². The summed E-state index contributed by atoms with van der Waals surface area (Å²) in [5.41, 5.74) is 3.44. The van der Waals surface area contributed by atoms with E-state index in [1.807, 2.05) is 6.92 Å². The molecule has 0 aromatic heterocycles. The van der Waals surface area contributed by atoms with Crippen LogP contribution < -0.4 is 0 Å². The molecule has 1 aliphatic carbocycles. The second-order valence-electron chi connectivity index (χ2n) is 10.7. The molecular formula is C27H46O3Si. The molecule has 1 atom stereocenters. The smallest absolute Gasteiger partial charge is 0.331 e. The summed E-state index contributed by atoms with van der Waals surface area (Å²) in [7, 11) is -1.96. The van der Waals surface area contributed by atoms with Crippen LogP contribution in [-0.2, 0) is 14.0 Å². The summed E-state index contributed by atoms with van der Waals surface area (Å²) in [5, 5.41) is 0.139. The third-order valence-corrected chi connectivity index (χ3v) is 11.1. The first-order chi connectivity index (χ1) is 14.3. The fourth-order valence-electron chi connectivity index (χ4n) is 3.42. The molecule has 1 aliphatic rings. The fourth-order valence-corrected chi connectivity index (χ4v) is 5.07. The van der Waals surface area contributed by atoms with Gasteiger partial charge in [-0.25, -0.2) is 4.79 Å². The van der Waals surface area contributed by atoms with Crippen molar-refractivity contribution in [3.05, 3.63) is 47.1 Å². The highest BCUT2D eigenvalue weighted by Crippen LogP contribution is 2.40. The van der Waals surface area contributed by atoms with E-state index >= 15 is 0 Å². The maximum atomic E-state index is 12.1. The second-order valence-corrected chi connectivity index (χ2v) is 15.4. The lowest BCUT2D eigenvalue weighted by Crippen LogP contribution is -2.47. The van der Waals surface area contributed by atoms with Crippen LogP contribution in [-0.4, -0.2) is 26.5 Å². The molecule has 0 saturated carbocycles. The Balaban J connectivity index is 3.32. The van der Waals surface area contributed by atoms with E-state index in [2.05, 4.69) is 78.9 Å². The first kappa shape index (κ1) is 27.6. The monoisotopic (exact) mass is 446 g/mol. The Morgan fingerprint density at radius 1 is 1.10 bits per heavy atom. The summed E-state index contributed by atoms with van der Waals surface area (Å²) < 4.78 is 12.1. The molecule has 1 rings (SSSR count). The lowest BCUT2D eigenvalue weighted by molar-refractivity contribution is -0.137. The summed E-state index contributed by atoms with van der Waals surface area (Å²) in [6.07, 6.45) is 16.5. The first-order valence-corrected chi connectivity index (χ1v) is 14.8. The van der Waals surface area contributed by atoms with Crippen molar-refractivity contribution in [2.45, 2.75) is 111 Å². The number of hydrogen-bond donors (Lipinski definition) is 0. The Hall–Kier alpha value is -1.39. The molecule has 0 fully saturated rings. The van der Waals surface area contributed by atoms with Crippen LogP contribution in [0.5, 0.6) is 0 Å². The maximum Gasteiger partial charge on any atom is 0.331 e. The molecule has 0 amide bonds. The van der Waals surface area contributed by atoms with Gasteiger partial charge in [0.05, 0.1) is 12.2 Å². The summed E-state index contributed by atoms with van der Waals surface area (Å²) >= 11 is 0. The molecule has 4 heteroatoms. The van der Waals surface area contributed by atoms with E-state index in [4.69, 9.17) is 9.16 Å². The van der Waals surface area contributed by atoms with Gasteiger partial charge in [0.1, 0.15) is 0 Å². The van der Waals surface area contributed by atoms with E-state index in [1.165, 1.54) is 11.1 Å². The van der Waals surface area contributed by atoms with Gasteiger partial charge in [0, 0.05) is 6.08 Å². The largest absolute Gasteiger partial charge is 0.463 e. The van der Waals surface area contributed by atoms with Gasteiger partial charge in [-0.15, -0.1) is 0 Å². The summed E-state index contributed by atoms with van der Waals surface area (Å²) in [4.78, 5) is 12.1. The van der Waals surface area contributed by atoms with Crippen molar-refractivity contribution < 1.29 is 14.0 Å². The van der Waals surface area contributed by atoms with Gasteiger partial charge < -0.3 is 9.16 Å². The van der Waals surface area contributed by atoms with Gasteiger partial charge >= 0.3 is 5.97 Å². The van der Waals surface area contributed by atoms with Crippen LogP contribution in [0.2, 0.25) is 18.1 Å². The number of ether oxygens (including phenoxy) is 1. The third kappa shape index (κ3) is 10.2. The molecular weight excluding hydrogens is 400 g/mol. The van der Waals surface area contributed by atoms with Gasteiger partial charge in [-0.3, -0.25) is 0 Å². The van der Waals surface area contributed by atoms with Gasteiger partial charge in [-0.2, -0.15) is 0 Å². The lowest BCUT2D eigenvalue weighted by Gasteiger charge is -2.43. The molecule has 0 radical (unpaired) electrons. The van der Waals surface area contributed by atoms with Gasteiger partial charge in [0.2, 0.25) is 0 Å². The minimum Gasteiger partial charge on any atom is -0.463 e. The second kappa shape index (κ2) is 12.0. The Kier molecular flexibility index (Phi) is 10.7. The Morgan fingerprint density at radius 2 is 1.71 bits per heavy atom. The topological polar surface area (TPSA) is 35.5 Å². The van der Waals surface area contributed by atoms with Crippen LogP contribution in [0.15, 0.2) is 47.1 Å². The molecule has 0 spiro atoms. The molecule has 0 aromatic rings. The number of allylic oxidation sites excluding steroid dienone is 6. The normalized spacial score (nSPS) is 28.1. The van der Waals surface area contributed by atoms with Crippen molar-refractivity contribution in [1.82, 2.24) is 0 Å². The van der Waals surface area contributed by atoms with Crippen molar-refractivity contribution >= 4 is 14.3 Å². The fraction of sp³-hybridized carbons (Fsp3) is 0.667. The van der Waals surface area contributed by atoms with Crippen LogP contribution in [0.25, 0.3) is 0 Å². The Morgan fingerprint density at radius 3 is 2.32 bits per heavy atom. The van der Waals surface area contributed by atoms with Crippen molar-refractivity contribution in [2.75, 3.05) is 6.61 Å². The zero-order chi connectivity index (χ0) is 23.7. The highest BCUT2D eigenvalue weighted by atomic mass is 28.4. The number of rotatable bonds is 4. The summed E-state index contributed by atoms with van der Waals surface area (Å²) in [6.45, 7) is 20.3. The van der Waals surface area contributed by atoms with Crippen molar-refractivity contribution in [3.63, 3.8) is 0 Å². The molecule has 3 nitrogen and oxygen atoms in total. The van der Waals surface area contributed by atoms with E-state index in [0.717, 1.165) is 44.1 Å². The Labute approximate surface area is 192 Å². The number of carbonyl (C=O) groups is 1. The molecule has 176 valence electrons. The van der Waals surface area contributed by atoms with Gasteiger partial charge in [0.15, 0.2) is 8.32 Å². The molecule has 0 aromatic carbocycles. The average Bonchev–Trinajstić information content (AvgIpc) is 2.62. The SMILES string of the molecule is CCOC(=O)/C=C1/C=C/C(C)(O[Si](C)(C)C(C)(C)C)CC/C=C(\C)CC/C=C(\C)CC1. The molecule has 0 aliphatic heterocycles. The van der Waals surface area contributed by atoms with E-state index in [0.29, 0.717) is 6.61 Å². The van der Waals surface area contributed by atoms with Crippen molar-refractivity contribution in [2.24, 2.45) is 0 Å². The minimum absolute atomic E-state index is 0.139. The van der Waals surface area contributed by atoms with Crippen LogP contribution in [0.4, 0.5) is 0 Å². The molecule has 0 N–H and O–H groups in total. The zero-order valence-corrected chi connectivity index (χ0v) is 22.6. The van der Waals surface area contributed by atoms with Crippen molar-refractivity contribution in [3.8, 4) is 0 Å². The van der Waals surface area contributed by atoms with E-state index in [1.54, 1.807) is 6.08 Å². The van der Waals surface area contributed by atoms with Gasteiger partial charge in [0.25, 0.3) is 0 Å². The molecule has 0 saturated heterocycles. The summed E-state index contributed by atoms with van der Waals surface area (Å²) in [6, 6.07) is 0. The molecule has 31 heavy (non-hydrogen) atoms. The molecule has 0 heterocycles. The van der Waals surface area contributed by atoms with Crippen molar-refractivity contribution in [1.29, 1.82) is 0 Å². The Bertz CT molecular complexity index is 719. The predicted octanol–water partition coefficient (Wildman–Crippen LogP) is 8.06. The minimum atomic E-state index is -1.96. The predicted molar refractivity (Wildman–Crippen MR) is 136 cm³/mol. The number of carbonyl (C=O) groups excluding carboxylic acids is 1. The quantitative estimate of drug-likeness (QED) is 0.189. The first-order valence-electron chi connectivity index (χ1n) is 11.9. The van der Waals surface area contributed by atoms with Crippen LogP contribution in [0, 0.1) is 0 Å². The molecule has 1 unspecified atom stereocenters. The average molecular weight is 447 g/mol. The lowest BCUT2D eigenvalue weighted by atomic mass is 9.95. The maximum absolute atomic E-state index is 12.1. The number of esters is 1. The third-order valence-electron chi connectivity index (χ3n) is 6.51. The van der Waals surface area contributed by atoms with Crippen LogP contribution >= 0.6 is 0 Å². The zero-order valence-electron chi connectivity index (χ0n) is 21.6. The van der Waals surface area contributed by atoms with Gasteiger partial charge in [-0.1, -0.05) is 56.2 Å². The van der Waals surface area contributed by atoms with Crippen LogP contribution in [0.3, 0.4) is 0 Å². The highest BCUT2D eigenvalue weighted by molar-refractivity contribution is 6.74. The molecule has 0 bridgehead atoms. The number of hydrogen-bond acceptors (Lipinski definition) is 3. The van der Waals surface area contributed by atoms with Crippen LogP contribution in [0.1, 0.15) is 87.0 Å². The highest BCUT2D eigenvalue weighted by Gasteiger charge is 2.41. The van der Waals surface area contributed by atoms with E-state index in [-0.39, 0.29) is 16.6 Å². The van der Waals surface area contributed by atoms with E-state index in [9.17, 15) is 4.79 Å². The standard InChI is InChI=1S/C27H46O3Si/c1-10-29-25(28)21-24-17-16-23(3)14-11-13-22(2)15-12-19-27(7,20-18-24)30-31(8,9)26(4,5)6/h14-15,18,20-21H,10-13,16-17,19H2,1-9H3/b20-18+,22-15+,23-14+,24-21+.